The summed E-state index contributed by atoms with van der Waals surface area (Å²) >= 11 is 0. The quantitative estimate of drug-likeness (QED) is 0.868. The smallest absolute Gasteiger partial charge is 0.231 e. The monoisotopic (exact) mass is 237 g/mol. The normalized spacial score (nSPS) is 14.1. The number of rotatable bonds is 4. The number of nitrogens with two attached hydrogens (primary N) is 1. The zero-order valence-electron chi connectivity index (χ0n) is 10.6. The van der Waals surface area contributed by atoms with E-state index in [9.17, 15) is 0 Å². The number of hydrogen-bond acceptors (Lipinski definition) is 4. The molecule has 0 bridgehead atoms. The van der Waals surface area contributed by atoms with Crippen LogP contribution >= 0.6 is 0 Å². The maximum absolute atomic E-state index is 6.09. The van der Waals surface area contributed by atoms with Crippen molar-refractivity contribution in [2.24, 2.45) is 5.73 Å². The average molecular weight is 237 g/mol. The van der Waals surface area contributed by atoms with E-state index in [0.717, 1.165) is 29.0 Å². The van der Waals surface area contributed by atoms with Crippen LogP contribution in [0.5, 0.6) is 11.5 Å². The van der Waals surface area contributed by atoms with Crippen LogP contribution in [0.1, 0.15) is 25.0 Å². The first-order valence-corrected chi connectivity index (χ1v) is 5.69. The molecule has 2 rings (SSSR count). The Labute approximate surface area is 102 Å². The van der Waals surface area contributed by atoms with Gasteiger partial charge in [0.1, 0.15) is 0 Å². The second-order valence-corrected chi connectivity index (χ2v) is 5.04. The molecule has 0 atom stereocenters. The van der Waals surface area contributed by atoms with Gasteiger partial charge in [-0.15, -0.1) is 0 Å². The maximum atomic E-state index is 6.09. The lowest BCUT2D eigenvalue weighted by molar-refractivity contribution is 0.171. The fraction of sp³-hybridized carbons (Fsp3) is 0.538. The van der Waals surface area contributed by atoms with Crippen LogP contribution < -0.4 is 15.2 Å². The van der Waals surface area contributed by atoms with Gasteiger partial charge in [0, 0.05) is 18.2 Å². The highest BCUT2D eigenvalue weighted by atomic mass is 16.7. The first kappa shape index (κ1) is 12.2. The molecule has 1 heterocycles. The summed E-state index contributed by atoms with van der Waals surface area (Å²) in [6.45, 7) is 4.84. The van der Waals surface area contributed by atoms with Crippen molar-refractivity contribution < 1.29 is 14.2 Å². The fourth-order valence-electron chi connectivity index (χ4n) is 2.01. The molecule has 0 fully saturated rings. The Hall–Kier alpha value is -1.26. The topological polar surface area (TPSA) is 53.7 Å². The summed E-state index contributed by atoms with van der Waals surface area (Å²) in [5.41, 5.74) is 8.00. The maximum Gasteiger partial charge on any atom is 0.231 e. The van der Waals surface area contributed by atoms with E-state index >= 15 is 0 Å². The molecule has 2 N–H and O–H groups in total. The molecule has 1 aliphatic heterocycles. The van der Waals surface area contributed by atoms with E-state index in [1.165, 1.54) is 0 Å². The van der Waals surface area contributed by atoms with Crippen molar-refractivity contribution in [1.82, 2.24) is 0 Å². The summed E-state index contributed by atoms with van der Waals surface area (Å²) in [7, 11) is 1.68. The van der Waals surface area contributed by atoms with Crippen LogP contribution in [0.15, 0.2) is 12.1 Å². The Bertz CT molecular complexity index is 410. The van der Waals surface area contributed by atoms with Crippen molar-refractivity contribution in [2.45, 2.75) is 32.4 Å². The minimum absolute atomic E-state index is 0.282. The molecule has 94 valence electrons. The van der Waals surface area contributed by atoms with Crippen molar-refractivity contribution in [3.05, 3.63) is 23.3 Å². The Morgan fingerprint density at radius 2 is 2.12 bits per heavy atom. The van der Waals surface area contributed by atoms with Crippen molar-refractivity contribution in [3.8, 4) is 11.5 Å². The first-order valence-electron chi connectivity index (χ1n) is 5.69. The number of hydrogen-bond donors (Lipinski definition) is 1. The molecule has 1 aromatic rings. The minimum Gasteiger partial charge on any atom is -0.454 e. The van der Waals surface area contributed by atoms with Crippen molar-refractivity contribution >= 4 is 0 Å². The standard InChI is InChI=1S/C13H19NO3/c1-13(2,14)6-10-9(7-15-3)4-5-11-12(10)17-8-16-11/h4-5H,6-8,14H2,1-3H3. The van der Waals surface area contributed by atoms with Gasteiger partial charge in [0.15, 0.2) is 11.5 Å². The zero-order valence-corrected chi connectivity index (χ0v) is 10.6. The lowest BCUT2D eigenvalue weighted by Gasteiger charge is -2.21. The lowest BCUT2D eigenvalue weighted by atomic mass is 9.92. The number of fused-ring (bicyclic) bond motifs is 1. The molecule has 4 heteroatoms. The van der Waals surface area contributed by atoms with E-state index in [0.29, 0.717) is 6.61 Å². The average Bonchev–Trinajstić information content (AvgIpc) is 2.68. The van der Waals surface area contributed by atoms with Gasteiger partial charge in [-0.25, -0.2) is 0 Å². The molecule has 17 heavy (non-hydrogen) atoms. The van der Waals surface area contributed by atoms with E-state index in [-0.39, 0.29) is 12.3 Å². The van der Waals surface area contributed by atoms with E-state index < -0.39 is 0 Å². The summed E-state index contributed by atoms with van der Waals surface area (Å²) in [6.07, 6.45) is 0.734. The van der Waals surface area contributed by atoms with Crippen LogP contribution in [-0.2, 0) is 17.8 Å². The SMILES string of the molecule is COCc1ccc2c(c1CC(C)(C)N)OCO2. The third kappa shape index (κ3) is 2.70. The van der Waals surface area contributed by atoms with Crippen LogP contribution in [0.2, 0.25) is 0 Å². The molecular formula is C13H19NO3. The first-order chi connectivity index (χ1) is 8.01. The van der Waals surface area contributed by atoms with Crippen LogP contribution in [-0.4, -0.2) is 19.4 Å². The van der Waals surface area contributed by atoms with E-state index in [4.69, 9.17) is 19.9 Å². The third-order valence-electron chi connectivity index (χ3n) is 2.67. The summed E-state index contributed by atoms with van der Waals surface area (Å²) < 4.78 is 16.1. The third-order valence-corrected chi connectivity index (χ3v) is 2.67. The molecule has 0 aromatic heterocycles. The molecule has 0 saturated carbocycles. The van der Waals surface area contributed by atoms with Gasteiger partial charge in [-0.05, 0) is 31.9 Å². The van der Waals surface area contributed by atoms with Crippen LogP contribution in [0.4, 0.5) is 0 Å². The largest absolute Gasteiger partial charge is 0.454 e. The molecule has 1 aromatic carbocycles. The van der Waals surface area contributed by atoms with Gasteiger partial charge in [-0.2, -0.15) is 0 Å². The Morgan fingerprint density at radius 3 is 2.76 bits per heavy atom. The summed E-state index contributed by atoms with van der Waals surface area (Å²) in [4.78, 5) is 0. The second-order valence-electron chi connectivity index (χ2n) is 5.04. The van der Waals surface area contributed by atoms with Gasteiger partial charge in [-0.1, -0.05) is 6.07 Å². The Morgan fingerprint density at radius 1 is 1.35 bits per heavy atom. The number of methoxy groups -OCH3 is 1. The summed E-state index contributed by atoms with van der Waals surface area (Å²) in [5.74, 6) is 1.61. The fourth-order valence-corrected chi connectivity index (χ4v) is 2.01. The highest BCUT2D eigenvalue weighted by Crippen LogP contribution is 2.39. The highest BCUT2D eigenvalue weighted by Gasteiger charge is 2.24. The predicted molar refractivity (Wildman–Crippen MR) is 65.2 cm³/mol. The molecule has 0 aliphatic carbocycles. The number of ether oxygens (including phenoxy) is 3. The zero-order chi connectivity index (χ0) is 12.5. The molecule has 0 amide bonds. The van der Waals surface area contributed by atoms with Crippen LogP contribution in [0.3, 0.4) is 0 Å². The molecule has 0 saturated heterocycles. The van der Waals surface area contributed by atoms with Crippen molar-refractivity contribution in [1.29, 1.82) is 0 Å². The highest BCUT2D eigenvalue weighted by molar-refractivity contribution is 5.52. The molecule has 0 radical (unpaired) electrons. The van der Waals surface area contributed by atoms with Crippen molar-refractivity contribution in [3.63, 3.8) is 0 Å². The van der Waals surface area contributed by atoms with E-state index in [1.807, 2.05) is 26.0 Å². The number of benzene rings is 1. The second kappa shape index (κ2) is 4.55. The van der Waals surface area contributed by atoms with E-state index in [1.54, 1.807) is 7.11 Å². The van der Waals surface area contributed by atoms with Gasteiger partial charge in [-0.3, -0.25) is 0 Å². The van der Waals surface area contributed by atoms with Gasteiger partial charge in [0.25, 0.3) is 0 Å². The van der Waals surface area contributed by atoms with Crippen LogP contribution in [0.25, 0.3) is 0 Å². The molecule has 0 unspecified atom stereocenters. The van der Waals surface area contributed by atoms with Crippen molar-refractivity contribution in [2.75, 3.05) is 13.9 Å². The van der Waals surface area contributed by atoms with Crippen LogP contribution in [0, 0.1) is 0 Å². The summed E-state index contributed by atoms with van der Waals surface area (Å²) in [6, 6.07) is 3.93. The Kier molecular flexibility index (Phi) is 3.26. The predicted octanol–water partition coefficient (Wildman–Crippen LogP) is 1.84. The van der Waals surface area contributed by atoms with Gasteiger partial charge in [0.2, 0.25) is 6.79 Å². The molecule has 0 spiro atoms. The van der Waals surface area contributed by atoms with Gasteiger partial charge in [0.05, 0.1) is 6.61 Å². The molecular weight excluding hydrogens is 218 g/mol. The molecule has 4 nitrogen and oxygen atoms in total. The van der Waals surface area contributed by atoms with E-state index in [2.05, 4.69) is 0 Å². The summed E-state index contributed by atoms with van der Waals surface area (Å²) in [5, 5.41) is 0. The minimum atomic E-state index is -0.288. The molecule has 1 aliphatic rings. The van der Waals surface area contributed by atoms with Gasteiger partial charge < -0.3 is 19.9 Å². The van der Waals surface area contributed by atoms with Gasteiger partial charge >= 0.3 is 0 Å². The lowest BCUT2D eigenvalue weighted by Crippen LogP contribution is -2.34. The Balaban J connectivity index is 2.40.